The zero-order valence-electron chi connectivity index (χ0n) is 28.7. The van der Waals surface area contributed by atoms with Crippen LogP contribution in [0.25, 0.3) is 55.6 Å². The topological polar surface area (TPSA) is 29.3 Å². The monoisotopic (exact) mass is 644 g/mol. The summed E-state index contributed by atoms with van der Waals surface area (Å²) in [6, 6.07) is 52.8. The summed E-state index contributed by atoms with van der Waals surface area (Å²) < 4.78 is 6.42. The van der Waals surface area contributed by atoms with Crippen LogP contribution in [0.1, 0.15) is 49.9 Å². The molecule has 0 saturated carbocycles. The van der Waals surface area contributed by atoms with E-state index in [0.29, 0.717) is 5.89 Å². The number of aromatic nitrogens is 1. The Morgan fingerprint density at radius 2 is 1.00 bits per heavy atom. The molecule has 50 heavy (non-hydrogen) atoms. The average molecular weight is 645 g/mol. The molecule has 0 radical (unpaired) electrons. The lowest BCUT2D eigenvalue weighted by Gasteiger charge is -2.28. The van der Waals surface area contributed by atoms with E-state index < -0.39 is 0 Å². The maximum atomic E-state index is 6.42. The third-order valence-electron chi connectivity index (χ3n) is 11.3. The quantitative estimate of drug-likeness (QED) is 0.191. The highest BCUT2D eigenvalue weighted by Crippen LogP contribution is 2.53. The van der Waals surface area contributed by atoms with Gasteiger partial charge >= 0.3 is 0 Å². The summed E-state index contributed by atoms with van der Waals surface area (Å²) in [6.07, 6.45) is 0. The molecule has 0 atom stereocenters. The molecule has 3 heteroatoms. The third-order valence-corrected chi connectivity index (χ3v) is 11.3. The van der Waals surface area contributed by atoms with Gasteiger partial charge in [0.2, 0.25) is 5.89 Å². The summed E-state index contributed by atoms with van der Waals surface area (Å²) >= 11 is 0. The van der Waals surface area contributed by atoms with Crippen LogP contribution in [0, 0.1) is 0 Å². The summed E-state index contributed by atoms with van der Waals surface area (Å²) in [6.45, 7) is 9.34. The van der Waals surface area contributed by atoms with Crippen molar-refractivity contribution in [1.29, 1.82) is 0 Å². The second kappa shape index (κ2) is 10.3. The standard InChI is InChI=1S/C47H36N2O/c1-46(2)39-15-9-7-13-35(39)37-27-32(22-24-41(37)46)49(33-23-25-42-38(28-33)36-14-8-10-16-40(36)47(42,3)4)31-20-17-30(18-21-31)45-48-43-26-19-29-11-5-6-12-34(29)44(43)50-45/h5-28H,1-4H3. The number of hydrogen-bond donors (Lipinski definition) is 0. The largest absolute Gasteiger partial charge is 0.435 e. The van der Waals surface area contributed by atoms with Crippen LogP contribution in [0.15, 0.2) is 150 Å². The molecule has 7 aromatic carbocycles. The average Bonchev–Trinajstić information content (AvgIpc) is 3.76. The van der Waals surface area contributed by atoms with Gasteiger partial charge in [-0.05, 0) is 104 Å². The Kier molecular flexibility index (Phi) is 5.97. The molecule has 2 aliphatic carbocycles. The maximum absolute atomic E-state index is 6.42. The van der Waals surface area contributed by atoms with E-state index in [4.69, 9.17) is 9.40 Å². The van der Waals surface area contributed by atoms with E-state index in [2.05, 4.69) is 166 Å². The molecule has 0 amide bonds. The molecule has 0 unspecified atom stereocenters. The first-order valence-electron chi connectivity index (χ1n) is 17.5. The van der Waals surface area contributed by atoms with Crippen molar-refractivity contribution in [2.24, 2.45) is 0 Å². The van der Waals surface area contributed by atoms with Crippen LogP contribution in [-0.4, -0.2) is 4.98 Å². The Morgan fingerprint density at radius 3 is 1.62 bits per heavy atom. The summed E-state index contributed by atoms with van der Waals surface area (Å²) in [5.41, 5.74) is 16.6. The van der Waals surface area contributed by atoms with Gasteiger partial charge in [0.15, 0.2) is 5.58 Å². The number of rotatable bonds is 4. The first kappa shape index (κ1) is 29.0. The lowest BCUT2D eigenvalue weighted by Crippen LogP contribution is -2.16. The van der Waals surface area contributed by atoms with E-state index in [-0.39, 0.29) is 10.8 Å². The minimum Gasteiger partial charge on any atom is -0.435 e. The van der Waals surface area contributed by atoms with Gasteiger partial charge in [-0.3, -0.25) is 0 Å². The Hall–Kier alpha value is -5.93. The number of hydrogen-bond acceptors (Lipinski definition) is 3. The molecule has 0 N–H and O–H groups in total. The van der Waals surface area contributed by atoms with Gasteiger partial charge in [0, 0.05) is 38.8 Å². The number of nitrogens with zero attached hydrogens (tertiary/aromatic N) is 2. The molecule has 0 saturated heterocycles. The van der Waals surface area contributed by atoms with Crippen molar-refractivity contribution in [3.63, 3.8) is 0 Å². The number of anilines is 3. The van der Waals surface area contributed by atoms with Crippen LogP contribution in [0.4, 0.5) is 17.1 Å². The van der Waals surface area contributed by atoms with E-state index in [9.17, 15) is 0 Å². The molecule has 8 aromatic rings. The van der Waals surface area contributed by atoms with Gasteiger partial charge < -0.3 is 9.32 Å². The van der Waals surface area contributed by atoms with E-state index in [1.54, 1.807) is 0 Å². The predicted octanol–water partition coefficient (Wildman–Crippen LogP) is 12.7. The summed E-state index contributed by atoms with van der Waals surface area (Å²) in [7, 11) is 0. The normalized spacial score (nSPS) is 14.7. The smallest absolute Gasteiger partial charge is 0.227 e. The van der Waals surface area contributed by atoms with E-state index in [1.807, 2.05) is 12.1 Å². The molecular formula is C47H36N2O. The first-order chi connectivity index (χ1) is 24.3. The maximum Gasteiger partial charge on any atom is 0.227 e. The van der Waals surface area contributed by atoms with Gasteiger partial charge in [-0.25, -0.2) is 4.98 Å². The van der Waals surface area contributed by atoms with Crippen LogP contribution in [0.2, 0.25) is 0 Å². The van der Waals surface area contributed by atoms with Gasteiger partial charge in [-0.1, -0.05) is 119 Å². The predicted molar refractivity (Wildman–Crippen MR) is 207 cm³/mol. The van der Waals surface area contributed by atoms with Gasteiger partial charge in [0.05, 0.1) is 0 Å². The Bertz CT molecular complexity index is 2550. The molecule has 0 bridgehead atoms. The number of oxazole rings is 1. The highest BCUT2D eigenvalue weighted by molar-refractivity contribution is 6.03. The van der Waals surface area contributed by atoms with Crippen LogP contribution in [0.3, 0.4) is 0 Å². The van der Waals surface area contributed by atoms with Gasteiger partial charge in [-0.15, -0.1) is 0 Å². The first-order valence-corrected chi connectivity index (χ1v) is 17.5. The second-order valence-corrected chi connectivity index (χ2v) is 14.8. The zero-order valence-corrected chi connectivity index (χ0v) is 28.7. The highest BCUT2D eigenvalue weighted by Gasteiger charge is 2.37. The fourth-order valence-corrected chi connectivity index (χ4v) is 8.67. The molecule has 1 aromatic heterocycles. The van der Waals surface area contributed by atoms with E-state index >= 15 is 0 Å². The van der Waals surface area contributed by atoms with Crippen LogP contribution in [-0.2, 0) is 10.8 Å². The summed E-state index contributed by atoms with van der Waals surface area (Å²) in [4.78, 5) is 7.29. The van der Waals surface area contributed by atoms with Gasteiger partial charge in [-0.2, -0.15) is 0 Å². The lowest BCUT2D eigenvalue weighted by molar-refractivity contribution is 0.623. The fourth-order valence-electron chi connectivity index (χ4n) is 8.67. The highest BCUT2D eigenvalue weighted by atomic mass is 16.3. The van der Waals surface area contributed by atoms with E-state index in [1.165, 1.54) is 44.5 Å². The molecular weight excluding hydrogens is 609 g/mol. The summed E-state index contributed by atoms with van der Waals surface area (Å²) in [5.74, 6) is 0.627. The molecule has 0 aliphatic heterocycles. The van der Waals surface area contributed by atoms with Crippen LogP contribution >= 0.6 is 0 Å². The molecule has 0 spiro atoms. The van der Waals surface area contributed by atoms with Crippen molar-refractivity contribution in [2.75, 3.05) is 4.90 Å². The van der Waals surface area contributed by atoms with Crippen molar-refractivity contribution in [2.45, 2.75) is 38.5 Å². The van der Waals surface area contributed by atoms with Gasteiger partial charge in [0.1, 0.15) is 5.52 Å². The molecule has 10 rings (SSSR count). The zero-order chi connectivity index (χ0) is 33.8. The van der Waals surface area contributed by atoms with Crippen molar-refractivity contribution in [3.05, 3.63) is 168 Å². The Labute approximate surface area is 292 Å². The Morgan fingerprint density at radius 1 is 0.480 bits per heavy atom. The molecule has 3 nitrogen and oxygen atoms in total. The minimum absolute atomic E-state index is 0.0509. The van der Waals surface area contributed by atoms with E-state index in [0.717, 1.165) is 44.5 Å². The van der Waals surface area contributed by atoms with Crippen molar-refractivity contribution in [3.8, 4) is 33.7 Å². The van der Waals surface area contributed by atoms with Crippen molar-refractivity contribution in [1.82, 2.24) is 4.98 Å². The molecule has 2 aliphatic rings. The fraction of sp³-hybridized carbons (Fsp3) is 0.128. The Balaban J connectivity index is 1.13. The molecule has 0 fully saturated rings. The SMILES string of the molecule is CC1(C)c2ccccc2-c2cc(N(c3ccc(-c4nc5ccc6ccccc6c5o4)cc3)c3ccc4c(c3)-c3ccccc3C4(C)C)ccc21. The van der Waals surface area contributed by atoms with Crippen molar-refractivity contribution >= 4 is 38.9 Å². The lowest BCUT2D eigenvalue weighted by atomic mass is 9.82. The third kappa shape index (κ3) is 4.07. The second-order valence-electron chi connectivity index (χ2n) is 14.8. The summed E-state index contributed by atoms with van der Waals surface area (Å²) in [5, 5.41) is 2.23. The molecule has 240 valence electrons. The molecule has 1 heterocycles. The number of benzene rings is 7. The minimum atomic E-state index is -0.0509. The van der Waals surface area contributed by atoms with Crippen LogP contribution < -0.4 is 4.90 Å². The van der Waals surface area contributed by atoms with Crippen molar-refractivity contribution < 1.29 is 4.42 Å². The van der Waals surface area contributed by atoms with Crippen LogP contribution in [0.5, 0.6) is 0 Å². The number of fused-ring (bicyclic) bond motifs is 9. The van der Waals surface area contributed by atoms with Gasteiger partial charge in [0.25, 0.3) is 0 Å².